The number of carboxylic acid groups (broad SMARTS) is 1. The van der Waals surface area contributed by atoms with Crippen LogP contribution in [0.25, 0.3) is 0 Å². The number of nitrogens with one attached hydrogen (secondary N) is 2. The molecule has 21 heavy (non-hydrogen) atoms. The monoisotopic (exact) mass is 306 g/mol. The third-order valence-electron chi connectivity index (χ3n) is 2.70. The van der Waals surface area contributed by atoms with Crippen molar-refractivity contribution in [3.63, 3.8) is 0 Å². The highest BCUT2D eigenvalue weighted by atomic mass is 32.1. The van der Waals surface area contributed by atoms with Crippen LogP contribution in [0.4, 0.5) is 10.5 Å². The van der Waals surface area contributed by atoms with Crippen LogP contribution in [-0.2, 0) is 0 Å². The fraction of sp³-hybridized carbons (Fsp3) is 0.231. The maximum absolute atomic E-state index is 11.9. The summed E-state index contributed by atoms with van der Waals surface area (Å²) in [5, 5.41) is 16.9. The number of hydrogen-bond acceptors (Lipinski definition) is 5. The first-order valence-electron chi connectivity index (χ1n) is 6.26. The number of aromatic nitrogens is 2. The summed E-state index contributed by atoms with van der Waals surface area (Å²) >= 11 is 1.48. The first-order valence-corrected chi connectivity index (χ1v) is 7.14. The Labute approximate surface area is 125 Å². The van der Waals surface area contributed by atoms with E-state index in [0.717, 1.165) is 11.4 Å². The summed E-state index contributed by atoms with van der Waals surface area (Å²) in [7, 11) is 0. The van der Waals surface area contributed by atoms with Gasteiger partial charge in [-0.1, -0.05) is 6.92 Å². The lowest BCUT2D eigenvalue weighted by atomic mass is 10.2. The molecule has 110 valence electrons. The van der Waals surface area contributed by atoms with Crippen molar-refractivity contribution in [2.75, 3.05) is 5.32 Å². The van der Waals surface area contributed by atoms with Crippen LogP contribution >= 0.6 is 11.3 Å². The van der Waals surface area contributed by atoms with Crippen LogP contribution in [0.15, 0.2) is 29.9 Å². The second-order valence-corrected chi connectivity index (χ2v) is 5.09. The van der Waals surface area contributed by atoms with E-state index >= 15 is 0 Å². The number of carbonyl (C=O) groups excluding carboxylic acids is 1. The first-order chi connectivity index (χ1) is 10.1. The van der Waals surface area contributed by atoms with Gasteiger partial charge in [-0.3, -0.25) is 0 Å². The molecule has 0 aliphatic carbocycles. The molecule has 2 aromatic rings. The van der Waals surface area contributed by atoms with E-state index in [4.69, 9.17) is 5.11 Å². The average Bonchev–Trinajstić information content (AvgIpc) is 2.99. The largest absolute Gasteiger partial charge is 0.477 e. The molecule has 0 aliphatic heterocycles. The Bertz CT molecular complexity index is 613. The molecule has 1 atom stereocenters. The number of hydrogen-bond donors (Lipinski definition) is 3. The molecule has 0 bridgehead atoms. The van der Waals surface area contributed by atoms with Crippen molar-refractivity contribution in [3.8, 4) is 0 Å². The summed E-state index contributed by atoms with van der Waals surface area (Å²) in [6.07, 6.45) is 3.71. The number of carbonyl (C=O) groups is 2. The third kappa shape index (κ3) is 3.99. The molecule has 0 spiro atoms. The minimum Gasteiger partial charge on any atom is -0.477 e. The second-order valence-electron chi connectivity index (χ2n) is 4.17. The first kappa shape index (κ1) is 14.9. The zero-order valence-corrected chi connectivity index (χ0v) is 12.1. The summed E-state index contributed by atoms with van der Waals surface area (Å²) in [5.74, 6) is -1.11. The lowest BCUT2D eigenvalue weighted by Crippen LogP contribution is -2.32. The highest BCUT2D eigenvalue weighted by Gasteiger charge is 2.15. The minimum absolute atomic E-state index is 0.0739. The van der Waals surface area contributed by atoms with Crippen LogP contribution in [0.5, 0.6) is 0 Å². The van der Waals surface area contributed by atoms with Crippen molar-refractivity contribution in [2.45, 2.75) is 19.4 Å². The van der Waals surface area contributed by atoms with Gasteiger partial charge in [0.2, 0.25) is 0 Å². The fourth-order valence-corrected chi connectivity index (χ4v) is 2.44. The van der Waals surface area contributed by atoms with E-state index in [2.05, 4.69) is 20.6 Å². The number of aromatic carboxylic acids is 1. The van der Waals surface area contributed by atoms with Gasteiger partial charge in [0.1, 0.15) is 10.7 Å². The Morgan fingerprint density at radius 2 is 2.19 bits per heavy atom. The molecule has 0 saturated heterocycles. The Morgan fingerprint density at radius 1 is 1.38 bits per heavy atom. The standard InChI is InChI=1S/C13H14N4O3S/c1-2-9(11-14-5-6-21-11)17-13(20)16-8-3-4-10(12(18)19)15-7-8/h3-7,9H,2H2,1H3,(H,18,19)(H2,16,17,20). The Balaban J connectivity index is 1.96. The van der Waals surface area contributed by atoms with Crippen LogP contribution in [0.3, 0.4) is 0 Å². The van der Waals surface area contributed by atoms with Gasteiger partial charge in [-0.05, 0) is 18.6 Å². The maximum Gasteiger partial charge on any atom is 0.354 e. The smallest absolute Gasteiger partial charge is 0.354 e. The molecule has 2 rings (SSSR count). The number of anilines is 1. The van der Waals surface area contributed by atoms with Gasteiger partial charge in [-0.15, -0.1) is 11.3 Å². The van der Waals surface area contributed by atoms with Crippen LogP contribution in [-0.4, -0.2) is 27.1 Å². The van der Waals surface area contributed by atoms with E-state index in [9.17, 15) is 9.59 Å². The Morgan fingerprint density at radius 3 is 2.71 bits per heavy atom. The number of rotatable bonds is 5. The number of thiazole rings is 1. The topological polar surface area (TPSA) is 104 Å². The number of pyridine rings is 1. The van der Waals surface area contributed by atoms with E-state index in [1.807, 2.05) is 12.3 Å². The summed E-state index contributed by atoms with van der Waals surface area (Å²) in [6, 6.07) is 2.27. The molecule has 2 amide bonds. The number of nitrogens with zero attached hydrogens (tertiary/aromatic N) is 2. The lowest BCUT2D eigenvalue weighted by Gasteiger charge is -2.15. The quantitative estimate of drug-likeness (QED) is 0.787. The van der Waals surface area contributed by atoms with Crippen LogP contribution in [0, 0.1) is 0 Å². The zero-order valence-electron chi connectivity index (χ0n) is 11.2. The molecule has 8 heteroatoms. The Hall–Kier alpha value is -2.48. The molecule has 1 unspecified atom stereocenters. The molecule has 0 fully saturated rings. The van der Waals surface area contributed by atoms with Crippen molar-refractivity contribution in [1.82, 2.24) is 15.3 Å². The van der Waals surface area contributed by atoms with E-state index in [1.165, 1.54) is 29.7 Å². The van der Waals surface area contributed by atoms with Crippen molar-refractivity contribution >= 4 is 29.0 Å². The summed E-state index contributed by atoms with van der Waals surface area (Å²) in [6.45, 7) is 1.95. The van der Waals surface area contributed by atoms with Gasteiger partial charge in [0.25, 0.3) is 0 Å². The van der Waals surface area contributed by atoms with E-state index in [-0.39, 0.29) is 17.8 Å². The molecule has 0 aliphatic rings. The van der Waals surface area contributed by atoms with Crippen LogP contribution in [0.2, 0.25) is 0 Å². The molecule has 7 nitrogen and oxygen atoms in total. The van der Waals surface area contributed by atoms with Gasteiger partial charge in [0, 0.05) is 11.6 Å². The van der Waals surface area contributed by atoms with Crippen LogP contribution < -0.4 is 10.6 Å². The van der Waals surface area contributed by atoms with Crippen molar-refractivity contribution in [2.24, 2.45) is 0 Å². The van der Waals surface area contributed by atoms with E-state index in [0.29, 0.717) is 5.69 Å². The zero-order chi connectivity index (χ0) is 15.2. The minimum atomic E-state index is -1.11. The number of carboxylic acids is 1. The molecule has 0 aromatic carbocycles. The van der Waals surface area contributed by atoms with Gasteiger partial charge < -0.3 is 15.7 Å². The normalized spacial score (nSPS) is 11.7. The Kier molecular flexibility index (Phi) is 4.83. The van der Waals surface area contributed by atoms with E-state index in [1.54, 1.807) is 6.20 Å². The van der Waals surface area contributed by atoms with Crippen molar-refractivity contribution in [1.29, 1.82) is 0 Å². The van der Waals surface area contributed by atoms with Gasteiger partial charge in [-0.2, -0.15) is 0 Å². The SMILES string of the molecule is CCC(NC(=O)Nc1ccc(C(=O)O)nc1)c1nccs1. The van der Waals surface area contributed by atoms with Crippen LogP contribution in [0.1, 0.15) is 34.9 Å². The molecular formula is C13H14N4O3S. The molecule has 2 heterocycles. The van der Waals surface area contributed by atoms with Gasteiger partial charge in [0.05, 0.1) is 17.9 Å². The molecule has 0 saturated carbocycles. The fourth-order valence-electron chi connectivity index (χ4n) is 1.66. The summed E-state index contributed by atoms with van der Waals surface area (Å²) in [4.78, 5) is 30.5. The van der Waals surface area contributed by atoms with Gasteiger partial charge in [0.15, 0.2) is 0 Å². The van der Waals surface area contributed by atoms with Crippen molar-refractivity contribution in [3.05, 3.63) is 40.6 Å². The maximum atomic E-state index is 11.9. The summed E-state index contributed by atoms with van der Waals surface area (Å²) in [5.41, 5.74) is 0.349. The third-order valence-corrected chi connectivity index (χ3v) is 3.59. The number of amides is 2. The molecule has 3 N–H and O–H groups in total. The highest BCUT2D eigenvalue weighted by molar-refractivity contribution is 7.09. The average molecular weight is 306 g/mol. The predicted octanol–water partition coefficient (Wildman–Crippen LogP) is 2.51. The van der Waals surface area contributed by atoms with Gasteiger partial charge >= 0.3 is 12.0 Å². The van der Waals surface area contributed by atoms with Crippen molar-refractivity contribution < 1.29 is 14.7 Å². The van der Waals surface area contributed by atoms with E-state index < -0.39 is 5.97 Å². The molecule has 2 aromatic heterocycles. The predicted molar refractivity (Wildman–Crippen MR) is 78.5 cm³/mol. The second kappa shape index (κ2) is 6.80. The lowest BCUT2D eigenvalue weighted by molar-refractivity contribution is 0.0690. The number of urea groups is 1. The van der Waals surface area contributed by atoms with Gasteiger partial charge in [-0.25, -0.2) is 19.6 Å². The summed E-state index contributed by atoms with van der Waals surface area (Å²) < 4.78 is 0. The molecular weight excluding hydrogens is 292 g/mol. The molecule has 0 radical (unpaired) electrons. The highest BCUT2D eigenvalue weighted by Crippen LogP contribution is 2.18.